The molecule has 2 aliphatic rings. The van der Waals surface area contributed by atoms with Gasteiger partial charge < -0.3 is 10.6 Å². The van der Waals surface area contributed by atoms with Crippen molar-refractivity contribution in [3.05, 3.63) is 17.0 Å². The van der Waals surface area contributed by atoms with E-state index in [0.717, 1.165) is 43.6 Å². The predicted molar refractivity (Wildman–Crippen MR) is 99.2 cm³/mol. The highest BCUT2D eigenvalue weighted by Crippen LogP contribution is 2.27. The van der Waals surface area contributed by atoms with E-state index in [2.05, 4.69) is 17.6 Å². The van der Waals surface area contributed by atoms with Gasteiger partial charge in [-0.2, -0.15) is 4.31 Å². The lowest BCUT2D eigenvalue weighted by Gasteiger charge is -2.30. The maximum absolute atomic E-state index is 12.7. The van der Waals surface area contributed by atoms with Gasteiger partial charge >= 0.3 is 0 Å². The van der Waals surface area contributed by atoms with Crippen LogP contribution in [-0.2, 0) is 21.2 Å². The first kappa shape index (κ1) is 18.8. The highest BCUT2D eigenvalue weighted by atomic mass is 32.2. The number of nitrogens with zero attached hydrogens (tertiary/aromatic N) is 1. The van der Waals surface area contributed by atoms with Crippen LogP contribution in [0.25, 0.3) is 0 Å². The van der Waals surface area contributed by atoms with Crippen LogP contribution in [0.5, 0.6) is 0 Å². The number of amides is 1. The average Bonchev–Trinajstić information content (AvgIpc) is 3.07. The van der Waals surface area contributed by atoms with Crippen LogP contribution in [0.2, 0.25) is 0 Å². The number of rotatable bonds is 5. The summed E-state index contributed by atoms with van der Waals surface area (Å²) in [6.45, 7) is 5.17. The molecule has 0 aromatic carbocycles. The molecule has 2 saturated heterocycles. The third kappa shape index (κ3) is 4.61. The van der Waals surface area contributed by atoms with Gasteiger partial charge in [-0.15, -0.1) is 11.3 Å². The zero-order valence-electron chi connectivity index (χ0n) is 14.7. The Morgan fingerprint density at radius 1 is 1.32 bits per heavy atom. The molecule has 2 N–H and O–H groups in total. The molecular weight excluding hydrogens is 358 g/mol. The van der Waals surface area contributed by atoms with Gasteiger partial charge in [0.05, 0.1) is 6.42 Å². The number of hydrogen-bond donors (Lipinski definition) is 2. The van der Waals surface area contributed by atoms with Gasteiger partial charge in [-0.1, -0.05) is 13.3 Å². The molecule has 2 atom stereocenters. The number of piperidine rings is 2. The van der Waals surface area contributed by atoms with E-state index in [-0.39, 0.29) is 18.4 Å². The highest BCUT2D eigenvalue weighted by molar-refractivity contribution is 7.91. The first-order valence-corrected chi connectivity index (χ1v) is 11.3. The van der Waals surface area contributed by atoms with Gasteiger partial charge in [0, 0.05) is 24.0 Å². The monoisotopic (exact) mass is 385 g/mol. The number of hydrogen-bond acceptors (Lipinski definition) is 5. The van der Waals surface area contributed by atoms with Crippen LogP contribution < -0.4 is 10.6 Å². The molecule has 2 aliphatic heterocycles. The van der Waals surface area contributed by atoms with E-state index in [1.54, 1.807) is 16.4 Å². The fraction of sp³-hybridized carbons (Fsp3) is 0.706. The first-order chi connectivity index (χ1) is 12.0. The van der Waals surface area contributed by atoms with Crippen LogP contribution in [0.15, 0.2) is 16.3 Å². The minimum Gasteiger partial charge on any atom is -0.353 e. The lowest BCUT2D eigenvalue weighted by molar-refractivity contribution is -0.121. The van der Waals surface area contributed by atoms with E-state index in [1.165, 1.54) is 11.3 Å². The summed E-state index contributed by atoms with van der Waals surface area (Å²) in [7, 11) is -3.40. The molecule has 0 spiro atoms. The molecule has 140 valence electrons. The molecule has 8 heteroatoms. The topological polar surface area (TPSA) is 78.5 Å². The van der Waals surface area contributed by atoms with Gasteiger partial charge in [0.2, 0.25) is 5.91 Å². The van der Waals surface area contributed by atoms with Crippen molar-refractivity contribution < 1.29 is 13.2 Å². The van der Waals surface area contributed by atoms with E-state index >= 15 is 0 Å². The Hall–Kier alpha value is -0.960. The first-order valence-electron chi connectivity index (χ1n) is 9.06. The molecule has 1 aromatic rings. The molecule has 0 radical (unpaired) electrons. The van der Waals surface area contributed by atoms with Crippen molar-refractivity contribution in [2.75, 3.05) is 26.2 Å². The Balaban J connectivity index is 1.60. The van der Waals surface area contributed by atoms with E-state index in [9.17, 15) is 13.2 Å². The van der Waals surface area contributed by atoms with Gasteiger partial charge in [0.1, 0.15) is 4.21 Å². The van der Waals surface area contributed by atoms with Crippen LogP contribution in [0.1, 0.15) is 37.5 Å². The number of thiophene rings is 1. The second kappa shape index (κ2) is 8.16. The Labute approximate surface area is 154 Å². The Kier molecular flexibility index (Phi) is 6.14. The van der Waals surface area contributed by atoms with E-state index < -0.39 is 10.0 Å². The second-order valence-electron chi connectivity index (χ2n) is 7.01. The van der Waals surface area contributed by atoms with Crippen molar-refractivity contribution in [1.82, 2.24) is 14.9 Å². The third-order valence-corrected chi connectivity index (χ3v) is 8.46. The van der Waals surface area contributed by atoms with Gasteiger partial charge in [-0.05, 0) is 50.4 Å². The number of sulfonamides is 1. The zero-order valence-corrected chi connectivity index (χ0v) is 16.3. The van der Waals surface area contributed by atoms with Gasteiger partial charge in [-0.25, -0.2) is 8.42 Å². The van der Waals surface area contributed by atoms with Crippen molar-refractivity contribution >= 4 is 27.3 Å². The molecule has 2 unspecified atom stereocenters. The standard InChI is InChI=1S/C17H27N3O3S2/c1-13-12-18-8-7-15(13)19-16(21)11-14-5-6-17(24-14)25(22,23)20-9-3-2-4-10-20/h5-6,13,15,18H,2-4,7-12H2,1H3,(H,19,21). The predicted octanol–water partition coefficient (Wildman–Crippen LogP) is 1.58. The third-order valence-electron chi connectivity index (χ3n) is 5.01. The fourth-order valence-electron chi connectivity index (χ4n) is 3.47. The Morgan fingerprint density at radius 3 is 2.80 bits per heavy atom. The molecule has 25 heavy (non-hydrogen) atoms. The maximum atomic E-state index is 12.7. The quantitative estimate of drug-likeness (QED) is 0.807. The molecule has 0 saturated carbocycles. The second-order valence-corrected chi connectivity index (χ2v) is 10.3. The Morgan fingerprint density at radius 2 is 2.08 bits per heavy atom. The Bertz CT molecular complexity index is 696. The van der Waals surface area contributed by atoms with Gasteiger partial charge in [0.15, 0.2) is 0 Å². The molecule has 1 amide bonds. The maximum Gasteiger partial charge on any atom is 0.252 e. The summed E-state index contributed by atoms with van der Waals surface area (Å²) in [5.41, 5.74) is 0. The molecule has 0 aliphatic carbocycles. The fourth-order valence-corrected chi connectivity index (χ4v) is 6.49. The highest BCUT2D eigenvalue weighted by Gasteiger charge is 2.28. The van der Waals surface area contributed by atoms with Crippen LogP contribution in [0.3, 0.4) is 0 Å². The molecule has 6 nitrogen and oxygen atoms in total. The van der Waals surface area contributed by atoms with Gasteiger partial charge in [-0.3, -0.25) is 4.79 Å². The van der Waals surface area contributed by atoms with Crippen molar-refractivity contribution in [2.45, 2.75) is 49.3 Å². The summed E-state index contributed by atoms with van der Waals surface area (Å²) in [5.74, 6) is 0.388. The van der Waals surface area contributed by atoms with E-state index in [1.807, 2.05) is 0 Å². The summed E-state index contributed by atoms with van der Waals surface area (Å²) in [6, 6.07) is 3.61. The molecule has 1 aromatic heterocycles. The largest absolute Gasteiger partial charge is 0.353 e. The normalized spacial score (nSPS) is 25.6. The summed E-state index contributed by atoms with van der Waals surface area (Å²) in [5, 5.41) is 6.41. The SMILES string of the molecule is CC1CNCCC1NC(=O)Cc1ccc(S(=O)(=O)N2CCCCC2)s1. The number of carbonyl (C=O) groups excluding carboxylic acids is 1. The summed E-state index contributed by atoms with van der Waals surface area (Å²) in [4.78, 5) is 13.1. The van der Waals surface area contributed by atoms with Crippen LogP contribution in [-0.4, -0.2) is 50.9 Å². The van der Waals surface area contributed by atoms with Gasteiger partial charge in [0.25, 0.3) is 10.0 Å². The summed E-state index contributed by atoms with van der Waals surface area (Å²) < 4.78 is 27.3. The van der Waals surface area contributed by atoms with Crippen LogP contribution in [0, 0.1) is 5.92 Å². The number of carbonyl (C=O) groups is 1. The lowest BCUT2D eigenvalue weighted by Crippen LogP contribution is -2.48. The average molecular weight is 386 g/mol. The molecule has 3 heterocycles. The van der Waals surface area contributed by atoms with Crippen molar-refractivity contribution in [3.8, 4) is 0 Å². The minimum absolute atomic E-state index is 0.0254. The number of nitrogens with one attached hydrogen (secondary N) is 2. The van der Waals surface area contributed by atoms with Crippen molar-refractivity contribution in [2.24, 2.45) is 5.92 Å². The lowest BCUT2D eigenvalue weighted by atomic mass is 9.95. The van der Waals surface area contributed by atoms with Crippen molar-refractivity contribution in [1.29, 1.82) is 0 Å². The van der Waals surface area contributed by atoms with Crippen LogP contribution in [0.4, 0.5) is 0 Å². The zero-order chi connectivity index (χ0) is 17.9. The minimum atomic E-state index is -3.40. The van der Waals surface area contributed by atoms with E-state index in [0.29, 0.717) is 23.2 Å². The molecule has 2 fully saturated rings. The molecule has 3 rings (SSSR count). The van der Waals surface area contributed by atoms with E-state index in [4.69, 9.17) is 0 Å². The van der Waals surface area contributed by atoms with Crippen molar-refractivity contribution in [3.63, 3.8) is 0 Å². The summed E-state index contributed by atoms with van der Waals surface area (Å²) in [6.07, 6.45) is 4.13. The van der Waals surface area contributed by atoms with Crippen LogP contribution >= 0.6 is 11.3 Å². The molecule has 0 bridgehead atoms. The summed E-state index contributed by atoms with van der Waals surface area (Å²) >= 11 is 1.22. The smallest absolute Gasteiger partial charge is 0.252 e. The molecular formula is C17H27N3O3S2.